The van der Waals surface area contributed by atoms with Crippen LogP contribution >= 0.6 is 0 Å². The highest BCUT2D eigenvalue weighted by Gasteiger charge is 2.47. The van der Waals surface area contributed by atoms with Crippen molar-refractivity contribution in [1.82, 2.24) is 35.4 Å². The zero-order valence-corrected chi connectivity index (χ0v) is 28.9. The minimum Gasteiger partial charge on any atom is -0.362 e. The van der Waals surface area contributed by atoms with Gasteiger partial charge in [-0.15, -0.1) is 5.10 Å². The molecule has 2 atom stereocenters. The first kappa shape index (κ1) is 35.0. The maximum atomic E-state index is 13.9. The molecule has 0 radical (unpaired) electrons. The molecule has 2 aromatic carbocycles. The number of amides is 8. The monoisotopic (exact) mass is 724 g/mol. The van der Waals surface area contributed by atoms with Crippen LogP contribution in [0.2, 0.25) is 0 Å². The summed E-state index contributed by atoms with van der Waals surface area (Å²) in [6.45, 7) is 3.37. The summed E-state index contributed by atoms with van der Waals surface area (Å²) in [6, 6.07) is 8.24. The average Bonchev–Trinajstić information content (AvgIpc) is 3.68. The molecule has 8 amide bonds. The Morgan fingerprint density at radius 2 is 1.51 bits per heavy atom. The van der Waals surface area contributed by atoms with Gasteiger partial charge < -0.3 is 25.8 Å². The van der Waals surface area contributed by atoms with Gasteiger partial charge in [0, 0.05) is 55.2 Å². The van der Waals surface area contributed by atoms with Gasteiger partial charge in [-0.2, -0.15) is 0 Å². The second-order valence-corrected chi connectivity index (χ2v) is 13.8. The van der Waals surface area contributed by atoms with Crippen molar-refractivity contribution in [2.24, 2.45) is 0 Å². The van der Waals surface area contributed by atoms with Crippen LogP contribution in [0.1, 0.15) is 77.9 Å². The quantitative estimate of drug-likeness (QED) is 0.192. The number of fused-ring (bicyclic) bond motifs is 2. The first-order valence-corrected chi connectivity index (χ1v) is 17.1. The molecule has 18 nitrogen and oxygen atoms in total. The molecule has 2 saturated heterocycles. The zero-order chi connectivity index (χ0) is 37.6. The maximum Gasteiger partial charge on any atom is 0.260 e. The van der Waals surface area contributed by atoms with Crippen LogP contribution in [0.15, 0.2) is 42.6 Å². The number of rotatable bonds is 9. The second kappa shape index (κ2) is 13.6. The van der Waals surface area contributed by atoms with E-state index in [0.29, 0.717) is 28.2 Å². The van der Waals surface area contributed by atoms with Crippen LogP contribution in [0.25, 0.3) is 0 Å². The molecule has 18 heteroatoms. The Hall–Kier alpha value is -6.46. The van der Waals surface area contributed by atoms with Gasteiger partial charge in [-0.1, -0.05) is 17.3 Å². The van der Waals surface area contributed by atoms with E-state index in [-0.39, 0.29) is 80.6 Å². The van der Waals surface area contributed by atoms with Crippen molar-refractivity contribution in [3.63, 3.8) is 0 Å². The molecule has 4 aliphatic rings. The molecule has 5 N–H and O–H groups in total. The van der Waals surface area contributed by atoms with Crippen molar-refractivity contribution in [3.05, 3.63) is 65.0 Å². The number of hydrogen-bond donors (Lipinski definition) is 5. The van der Waals surface area contributed by atoms with Crippen molar-refractivity contribution in [2.75, 3.05) is 16.0 Å². The molecular formula is C35H36N10O8. The average molecular weight is 725 g/mol. The Balaban J connectivity index is 0.954. The van der Waals surface area contributed by atoms with E-state index in [1.165, 1.54) is 20.7 Å². The van der Waals surface area contributed by atoms with Crippen molar-refractivity contribution < 1.29 is 38.4 Å². The van der Waals surface area contributed by atoms with Gasteiger partial charge in [0.25, 0.3) is 11.8 Å². The molecule has 1 aromatic heterocycles. The number of imide groups is 2. The van der Waals surface area contributed by atoms with E-state index >= 15 is 0 Å². The molecule has 274 valence electrons. The van der Waals surface area contributed by atoms with Gasteiger partial charge in [0.2, 0.25) is 35.4 Å². The van der Waals surface area contributed by atoms with Gasteiger partial charge in [-0.05, 0) is 51.0 Å². The summed E-state index contributed by atoms with van der Waals surface area (Å²) >= 11 is 0. The van der Waals surface area contributed by atoms with E-state index in [4.69, 9.17) is 0 Å². The molecule has 2 fully saturated rings. The Labute approximate surface area is 302 Å². The molecule has 7 rings (SSSR count). The number of aryl methyl sites for hydroxylation is 1. The highest BCUT2D eigenvalue weighted by molar-refractivity contribution is 6.12. The van der Waals surface area contributed by atoms with Crippen molar-refractivity contribution in [3.8, 4) is 0 Å². The SMILES string of the molecule is CC1(C)Nc2cccc(NC(=O)Cn3cc(CCC(=O)Nc4cccc5c4CN(C4CCC(=O)NC4=O)C5=O)nn3)c2C(=O)N1[C@@H]1CCC(=O)NC1=O. The van der Waals surface area contributed by atoms with Crippen LogP contribution in [0, 0.1) is 0 Å². The molecule has 0 saturated carbocycles. The van der Waals surface area contributed by atoms with Gasteiger partial charge in [0.1, 0.15) is 24.3 Å². The van der Waals surface area contributed by atoms with Crippen LogP contribution in [-0.4, -0.2) is 89.8 Å². The Morgan fingerprint density at radius 1 is 0.849 bits per heavy atom. The number of anilines is 3. The van der Waals surface area contributed by atoms with E-state index < -0.39 is 47.3 Å². The minimum absolute atomic E-state index is 0.0185. The number of benzene rings is 2. The number of carbonyl (C=O) groups excluding carboxylic acids is 8. The molecule has 0 aliphatic carbocycles. The van der Waals surface area contributed by atoms with Gasteiger partial charge in [-0.25, -0.2) is 4.68 Å². The molecule has 53 heavy (non-hydrogen) atoms. The normalized spacial score (nSPS) is 20.6. The van der Waals surface area contributed by atoms with Crippen LogP contribution in [0.3, 0.4) is 0 Å². The summed E-state index contributed by atoms with van der Waals surface area (Å²) in [6.07, 6.45) is 2.37. The van der Waals surface area contributed by atoms with Crippen LogP contribution in [0.5, 0.6) is 0 Å². The number of hydrogen-bond acceptors (Lipinski definition) is 11. The van der Waals surface area contributed by atoms with E-state index in [0.717, 1.165) is 0 Å². The van der Waals surface area contributed by atoms with Crippen molar-refractivity contribution >= 4 is 64.3 Å². The highest BCUT2D eigenvalue weighted by Crippen LogP contribution is 2.38. The molecule has 0 bridgehead atoms. The first-order chi connectivity index (χ1) is 25.3. The molecule has 1 unspecified atom stereocenters. The second-order valence-electron chi connectivity index (χ2n) is 13.8. The number of aromatic nitrogens is 3. The lowest BCUT2D eigenvalue weighted by Crippen LogP contribution is -2.65. The first-order valence-electron chi connectivity index (χ1n) is 17.1. The van der Waals surface area contributed by atoms with Crippen LogP contribution < -0.4 is 26.6 Å². The molecule has 4 aliphatic heterocycles. The Kier molecular flexibility index (Phi) is 8.96. The minimum atomic E-state index is -0.970. The van der Waals surface area contributed by atoms with Gasteiger partial charge in [-0.3, -0.25) is 49.0 Å². The zero-order valence-electron chi connectivity index (χ0n) is 28.9. The third kappa shape index (κ3) is 6.82. The Morgan fingerprint density at radius 3 is 2.23 bits per heavy atom. The predicted octanol–water partition coefficient (Wildman–Crippen LogP) is 0.658. The lowest BCUT2D eigenvalue weighted by molar-refractivity contribution is -0.139. The third-order valence-electron chi connectivity index (χ3n) is 9.69. The summed E-state index contributed by atoms with van der Waals surface area (Å²) in [5.74, 6) is -3.53. The third-order valence-corrected chi connectivity index (χ3v) is 9.69. The lowest BCUT2D eigenvalue weighted by atomic mass is 9.94. The Bertz CT molecular complexity index is 2110. The van der Waals surface area contributed by atoms with Crippen LogP contribution in [-0.2, 0) is 48.3 Å². The molecular weight excluding hydrogens is 688 g/mol. The fraction of sp³-hybridized carbons (Fsp3) is 0.371. The summed E-state index contributed by atoms with van der Waals surface area (Å²) < 4.78 is 1.30. The van der Waals surface area contributed by atoms with Gasteiger partial charge in [0.15, 0.2) is 0 Å². The highest BCUT2D eigenvalue weighted by atomic mass is 16.2. The lowest BCUT2D eigenvalue weighted by Gasteiger charge is -2.48. The fourth-order valence-corrected chi connectivity index (χ4v) is 7.24. The number of carbonyl (C=O) groups is 8. The fourth-order valence-electron chi connectivity index (χ4n) is 7.24. The molecule has 5 heterocycles. The van der Waals surface area contributed by atoms with Gasteiger partial charge in [0.05, 0.1) is 22.6 Å². The predicted molar refractivity (Wildman–Crippen MR) is 185 cm³/mol. The summed E-state index contributed by atoms with van der Waals surface area (Å²) in [7, 11) is 0. The van der Waals surface area contributed by atoms with Gasteiger partial charge >= 0.3 is 0 Å². The number of piperidine rings is 2. The smallest absolute Gasteiger partial charge is 0.260 e. The van der Waals surface area contributed by atoms with Crippen molar-refractivity contribution in [1.29, 1.82) is 0 Å². The summed E-state index contributed by atoms with van der Waals surface area (Å²) in [4.78, 5) is 104. The van der Waals surface area contributed by atoms with E-state index in [1.807, 2.05) is 0 Å². The standard InChI is InChI=1S/C35H36N10O8/c1-35(2)40-23-8-4-7-22(30(23)34(53)45(35)25-11-14-28(48)39-32(25)51)37-29(49)17-43-15-18(41-42-43)9-12-26(46)36-21-6-3-5-19-20(21)16-44(33(19)52)24-10-13-27(47)38-31(24)50/h3-8,15,24-25,40H,9-14,16-17H2,1-2H3,(H,36,46)(H,37,49)(H,38,47,50)(H,39,48,51)/t24?,25-/m1/s1. The van der Waals surface area contributed by atoms with Crippen LogP contribution in [0.4, 0.5) is 17.1 Å². The van der Waals surface area contributed by atoms with E-state index in [9.17, 15) is 38.4 Å². The largest absolute Gasteiger partial charge is 0.362 e. The molecule has 3 aromatic rings. The topological polar surface area (TPSA) is 234 Å². The number of nitrogens with one attached hydrogen (secondary N) is 5. The van der Waals surface area contributed by atoms with E-state index in [2.05, 4.69) is 36.9 Å². The van der Waals surface area contributed by atoms with Crippen molar-refractivity contribution in [2.45, 2.75) is 83.2 Å². The molecule has 0 spiro atoms. The van der Waals surface area contributed by atoms with E-state index in [1.54, 1.807) is 50.2 Å². The number of nitrogens with zero attached hydrogens (tertiary/aromatic N) is 5. The maximum absolute atomic E-state index is 13.9. The summed E-state index contributed by atoms with van der Waals surface area (Å²) in [5.41, 5.74) is 1.75. The summed E-state index contributed by atoms with van der Waals surface area (Å²) in [5, 5.41) is 21.5.